The maximum absolute atomic E-state index is 12.5. The van der Waals surface area contributed by atoms with Crippen molar-refractivity contribution in [2.75, 3.05) is 5.75 Å². The predicted octanol–water partition coefficient (Wildman–Crippen LogP) is 8.43. The molecule has 1 saturated heterocycles. The SMILES string of the molecule is C[C@@H]1[C@H](CSc2ccccc2)O[C@H](c2ccc(-c3ccccc3CNC(=O)NCc3ccccc3)cc2)O[C@@H]1c1ccc(CO)cc1. The van der Waals surface area contributed by atoms with Crippen LogP contribution < -0.4 is 10.6 Å². The second kappa shape index (κ2) is 15.9. The van der Waals surface area contributed by atoms with Gasteiger partial charge in [0.15, 0.2) is 6.29 Å². The topological polar surface area (TPSA) is 79.8 Å². The number of rotatable bonds is 11. The molecule has 0 aliphatic carbocycles. The number of urea groups is 1. The number of thioether (sulfide) groups is 1. The lowest BCUT2D eigenvalue weighted by Crippen LogP contribution is -2.38. The van der Waals surface area contributed by atoms with E-state index in [4.69, 9.17) is 9.47 Å². The highest BCUT2D eigenvalue weighted by Gasteiger charge is 2.38. The molecule has 7 heteroatoms. The van der Waals surface area contributed by atoms with Crippen LogP contribution in [0.1, 0.15) is 47.1 Å². The van der Waals surface area contributed by atoms with E-state index in [1.807, 2.05) is 78.9 Å². The molecule has 1 heterocycles. The van der Waals surface area contributed by atoms with Crippen molar-refractivity contribution in [1.29, 1.82) is 0 Å². The summed E-state index contributed by atoms with van der Waals surface area (Å²) in [5, 5.41) is 15.5. The number of ether oxygens (including phenoxy) is 2. The van der Waals surface area contributed by atoms with E-state index in [2.05, 4.69) is 72.2 Å². The van der Waals surface area contributed by atoms with Gasteiger partial charge in [0.05, 0.1) is 18.8 Å². The summed E-state index contributed by atoms with van der Waals surface area (Å²) < 4.78 is 13.3. The number of carbonyl (C=O) groups is 1. The molecule has 2 amide bonds. The first-order chi connectivity index (χ1) is 23.1. The van der Waals surface area contributed by atoms with Gasteiger partial charge in [-0.05, 0) is 45.5 Å². The van der Waals surface area contributed by atoms with E-state index in [0.29, 0.717) is 13.1 Å². The van der Waals surface area contributed by atoms with Crippen molar-refractivity contribution in [3.05, 3.63) is 161 Å². The first-order valence-corrected chi connectivity index (χ1v) is 17.0. The summed E-state index contributed by atoms with van der Waals surface area (Å²) >= 11 is 1.79. The first kappa shape index (κ1) is 32.5. The molecule has 240 valence electrons. The smallest absolute Gasteiger partial charge is 0.315 e. The Morgan fingerprint density at radius 1 is 0.702 bits per heavy atom. The number of hydrogen-bond donors (Lipinski definition) is 3. The average molecular weight is 645 g/mol. The molecule has 0 bridgehead atoms. The number of benzene rings is 5. The molecule has 0 spiro atoms. The lowest BCUT2D eigenvalue weighted by atomic mass is 9.91. The monoisotopic (exact) mass is 644 g/mol. The number of aliphatic hydroxyl groups excluding tert-OH is 1. The van der Waals surface area contributed by atoms with Crippen molar-refractivity contribution < 1.29 is 19.4 Å². The molecule has 3 N–H and O–H groups in total. The molecular formula is C40H40N2O4S. The molecule has 4 atom stereocenters. The van der Waals surface area contributed by atoms with E-state index in [9.17, 15) is 9.90 Å². The molecule has 1 aliphatic rings. The van der Waals surface area contributed by atoms with Gasteiger partial charge in [-0.1, -0.05) is 128 Å². The van der Waals surface area contributed by atoms with Gasteiger partial charge in [-0.3, -0.25) is 0 Å². The summed E-state index contributed by atoms with van der Waals surface area (Å²) in [4.78, 5) is 13.7. The zero-order valence-corrected chi connectivity index (χ0v) is 27.2. The Labute approximate surface area is 281 Å². The van der Waals surface area contributed by atoms with E-state index in [-0.39, 0.29) is 30.8 Å². The minimum Gasteiger partial charge on any atom is -0.392 e. The summed E-state index contributed by atoms with van der Waals surface area (Å²) in [6.45, 7) is 3.08. The Morgan fingerprint density at radius 3 is 2.06 bits per heavy atom. The van der Waals surface area contributed by atoms with Crippen LogP contribution in [0.15, 0.2) is 138 Å². The van der Waals surface area contributed by atoms with Crippen LogP contribution in [-0.4, -0.2) is 23.0 Å². The van der Waals surface area contributed by atoms with Crippen LogP contribution in [-0.2, 0) is 29.2 Å². The first-order valence-electron chi connectivity index (χ1n) is 16.0. The summed E-state index contributed by atoms with van der Waals surface area (Å²) in [5.74, 6) is 0.916. The van der Waals surface area contributed by atoms with E-state index >= 15 is 0 Å². The highest BCUT2D eigenvalue weighted by molar-refractivity contribution is 7.99. The van der Waals surface area contributed by atoms with Gasteiger partial charge < -0.3 is 25.2 Å². The standard InChI is InChI=1S/C40H40N2O4S/c1-28-37(27-47-35-13-6-3-7-14-35)45-39(46-38(28)32-18-16-30(26-43)17-19-32)33-22-20-31(21-23-33)36-15-9-8-12-34(36)25-42-40(44)41-24-29-10-4-2-5-11-29/h2-23,28,37-39,43H,24-27H2,1H3,(H2,41,42,44)/t28-,37+,38+,39+/m1/s1. The highest BCUT2D eigenvalue weighted by Crippen LogP contribution is 2.43. The molecule has 0 aromatic heterocycles. The molecule has 1 fully saturated rings. The van der Waals surface area contributed by atoms with Crippen LogP contribution in [0.5, 0.6) is 0 Å². The van der Waals surface area contributed by atoms with Gasteiger partial charge in [-0.2, -0.15) is 0 Å². The van der Waals surface area contributed by atoms with Crippen molar-refractivity contribution in [1.82, 2.24) is 10.6 Å². The fourth-order valence-corrected chi connectivity index (χ4v) is 6.89. The van der Waals surface area contributed by atoms with Crippen molar-refractivity contribution in [2.45, 2.75) is 50.0 Å². The molecule has 5 aromatic carbocycles. The van der Waals surface area contributed by atoms with Crippen molar-refractivity contribution in [3.63, 3.8) is 0 Å². The molecular weight excluding hydrogens is 605 g/mol. The molecule has 47 heavy (non-hydrogen) atoms. The Balaban J connectivity index is 1.16. The molecule has 6 rings (SSSR count). The maximum Gasteiger partial charge on any atom is 0.315 e. The quantitative estimate of drug-likeness (QED) is 0.126. The summed E-state index contributed by atoms with van der Waals surface area (Å²) in [5.41, 5.74) is 7.08. The fraction of sp³-hybridized carbons (Fsp3) is 0.225. The van der Waals surface area contributed by atoms with E-state index in [0.717, 1.165) is 44.7 Å². The third-order valence-electron chi connectivity index (χ3n) is 8.53. The summed E-state index contributed by atoms with van der Waals surface area (Å²) in [6.07, 6.45) is -0.738. The molecule has 5 aromatic rings. The second-order valence-corrected chi connectivity index (χ2v) is 12.8. The van der Waals surface area contributed by atoms with Gasteiger partial charge in [-0.15, -0.1) is 11.8 Å². The van der Waals surface area contributed by atoms with Gasteiger partial charge >= 0.3 is 6.03 Å². The number of aliphatic hydroxyl groups is 1. The number of nitrogens with one attached hydrogen (secondary N) is 2. The molecule has 1 aliphatic heterocycles. The van der Waals surface area contributed by atoms with Gasteiger partial charge in [0.1, 0.15) is 0 Å². The van der Waals surface area contributed by atoms with Crippen LogP contribution in [0.3, 0.4) is 0 Å². The highest BCUT2D eigenvalue weighted by atomic mass is 32.2. The third-order valence-corrected chi connectivity index (χ3v) is 9.63. The summed E-state index contributed by atoms with van der Waals surface area (Å²) in [6, 6.07) is 44.5. The Morgan fingerprint density at radius 2 is 1.34 bits per heavy atom. The van der Waals surface area contributed by atoms with Crippen LogP contribution in [0.25, 0.3) is 11.1 Å². The molecule has 0 radical (unpaired) electrons. The summed E-state index contributed by atoms with van der Waals surface area (Å²) in [7, 11) is 0. The fourth-order valence-electron chi connectivity index (χ4n) is 5.80. The Bertz CT molecular complexity index is 1720. The normalized spacial score (nSPS) is 19.2. The van der Waals surface area contributed by atoms with E-state index in [1.54, 1.807) is 11.8 Å². The molecule has 0 unspecified atom stereocenters. The maximum atomic E-state index is 12.5. The average Bonchev–Trinajstić information content (AvgIpc) is 3.14. The van der Waals surface area contributed by atoms with E-state index < -0.39 is 6.29 Å². The van der Waals surface area contributed by atoms with Crippen molar-refractivity contribution in [2.24, 2.45) is 5.92 Å². The second-order valence-electron chi connectivity index (χ2n) is 11.7. The number of amides is 2. The van der Waals surface area contributed by atoms with Gasteiger partial charge in [0, 0.05) is 35.2 Å². The van der Waals surface area contributed by atoms with Gasteiger partial charge in [-0.25, -0.2) is 4.79 Å². The van der Waals surface area contributed by atoms with Crippen LogP contribution in [0, 0.1) is 5.92 Å². The van der Waals surface area contributed by atoms with Crippen LogP contribution in [0.4, 0.5) is 4.79 Å². The zero-order valence-electron chi connectivity index (χ0n) is 26.4. The number of hydrogen-bond acceptors (Lipinski definition) is 5. The third kappa shape index (κ3) is 8.50. The Hall–Kier alpha value is -4.40. The predicted molar refractivity (Wildman–Crippen MR) is 188 cm³/mol. The zero-order chi connectivity index (χ0) is 32.4. The van der Waals surface area contributed by atoms with Gasteiger partial charge in [0.25, 0.3) is 0 Å². The van der Waals surface area contributed by atoms with Gasteiger partial charge in [0.2, 0.25) is 0 Å². The number of carbonyl (C=O) groups excluding carboxylic acids is 1. The molecule has 0 saturated carbocycles. The van der Waals surface area contributed by atoms with Crippen LogP contribution in [0.2, 0.25) is 0 Å². The largest absolute Gasteiger partial charge is 0.392 e. The molecule has 6 nitrogen and oxygen atoms in total. The van der Waals surface area contributed by atoms with Crippen molar-refractivity contribution in [3.8, 4) is 11.1 Å². The Kier molecular flexibility index (Phi) is 11.0. The lowest BCUT2D eigenvalue weighted by Gasteiger charge is -2.41. The van der Waals surface area contributed by atoms with E-state index in [1.165, 1.54) is 4.90 Å². The minimum absolute atomic E-state index is 0.0103. The van der Waals surface area contributed by atoms with Crippen molar-refractivity contribution >= 4 is 17.8 Å². The minimum atomic E-state index is -0.533. The lowest BCUT2D eigenvalue weighted by molar-refractivity contribution is -0.268. The van der Waals surface area contributed by atoms with Crippen LogP contribution >= 0.6 is 11.8 Å².